The Labute approximate surface area is 166 Å². The second kappa shape index (κ2) is 10.4. The van der Waals surface area contributed by atoms with Gasteiger partial charge in [0.1, 0.15) is 0 Å². The number of aryl methyl sites for hydroxylation is 1. The number of rotatable bonds is 10. The molecule has 0 atom stereocenters. The van der Waals surface area contributed by atoms with E-state index in [0.29, 0.717) is 31.1 Å². The van der Waals surface area contributed by atoms with E-state index in [1.807, 2.05) is 53.4 Å². The van der Waals surface area contributed by atoms with E-state index in [1.54, 1.807) is 0 Å². The molecule has 146 valence electrons. The molecule has 3 aromatic rings. The maximum Gasteiger partial charge on any atom is 0.228 e. The van der Waals surface area contributed by atoms with Crippen LogP contribution < -0.4 is 0 Å². The molecule has 28 heavy (non-hydrogen) atoms. The van der Waals surface area contributed by atoms with Gasteiger partial charge in [-0.15, -0.1) is 0 Å². The number of carbonyl (C=O) groups is 1. The lowest BCUT2D eigenvalue weighted by Gasteiger charge is -2.22. The zero-order valence-electron chi connectivity index (χ0n) is 16.4. The molecule has 3 rings (SSSR count). The van der Waals surface area contributed by atoms with Gasteiger partial charge in [0.05, 0.1) is 0 Å². The molecule has 0 aliphatic rings. The summed E-state index contributed by atoms with van der Waals surface area (Å²) in [6.45, 7) is 3.50. The van der Waals surface area contributed by atoms with Crippen LogP contribution in [0.1, 0.15) is 37.6 Å². The monoisotopic (exact) mass is 377 g/mol. The van der Waals surface area contributed by atoms with Crippen molar-refractivity contribution in [1.82, 2.24) is 15.0 Å². The number of nitrogens with zero attached hydrogens (tertiary/aromatic N) is 3. The molecule has 2 aromatic carbocycles. The van der Waals surface area contributed by atoms with Crippen molar-refractivity contribution in [2.75, 3.05) is 13.1 Å². The smallest absolute Gasteiger partial charge is 0.228 e. The fourth-order valence-electron chi connectivity index (χ4n) is 3.06. The van der Waals surface area contributed by atoms with Gasteiger partial charge in [-0.1, -0.05) is 79.2 Å². The van der Waals surface area contributed by atoms with Crippen LogP contribution in [-0.4, -0.2) is 34.0 Å². The minimum atomic E-state index is 0.181. The van der Waals surface area contributed by atoms with E-state index >= 15 is 0 Å². The van der Waals surface area contributed by atoms with Gasteiger partial charge < -0.3 is 9.42 Å². The Morgan fingerprint density at radius 3 is 2.39 bits per heavy atom. The number of hydrogen-bond donors (Lipinski definition) is 0. The Kier molecular flexibility index (Phi) is 7.36. The molecule has 0 bridgehead atoms. The maximum absolute atomic E-state index is 12.7. The second-order valence-electron chi connectivity index (χ2n) is 6.85. The Morgan fingerprint density at radius 2 is 1.68 bits per heavy atom. The minimum absolute atomic E-state index is 0.181. The van der Waals surface area contributed by atoms with Gasteiger partial charge in [-0.05, 0) is 18.4 Å². The van der Waals surface area contributed by atoms with Gasteiger partial charge in [-0.2, -0.15) is 4.98 Å². The average Bonchev–Trinajstić information content (AvgIpc) is 3.22. The molecule has 1 aromatic heterocycles. The number of hydrogen-bond acceptors (Lipinski definition) is 4. The molecule has 0 spiro atoms. The van der Waals surface area contributed by atoms with Crippen LogP contribution in [0.5, 0.6) is 0 Å². The lowest BCUT2D eigenvalue weighted by Crippen LogP contribution is -2.34. The lowest BCUT2D eigenvalue weighted by atomic mass is 10.1. The van der Waals surface area contributed by atoms with Crippen molar-refractivity contribution in [1.29, 1.82) is 0 Å². The standard InChI is InChI=1S/C23H27N3O2/c1-2-3-17-26(22(27)15-14-19-10-6-4-7-11-19)18-16-21-24-23(25-28-21)20-12-8-5-9-13-20/h4-13H,2-3,14-18H2,1H3. The minimum Gasteiger partial charge on any atom is -0.342 e. The summed E-state index contributed by atoms with van der Waals surface area (Å²) in [6.07, 6.45) is 3.91. The Bertz CT molecular complexity index is 847. The Balaban J connectivity index is 1.56. The summed E-state index contributed by atoms with van der Waals surface area (Å²) in [5, 5.41) is 4.06. The van der Waals surface area contributed by atoms with E-state index in [0.717, 1.165) is 31.4 Å². The van der Waals surface area contributed by atoms with Gasteiger partial charge in [0.15, 0.2) is 0 Å². The fourth-order valence-corrected chi connectivity index (χ4v) is 3.06. The molecule has 0 radical (unpaired) electrons. The van der Waals surface area contributed by atoms with E-state index < -0.39 is 0 Å². The quantitative estimate of drug-likeness (QED) is 0.520. The van der Waals surface area contributed by atoms with Gasteiger partial charge in [0.2, 0.25) is 17.6 Å². The van der Waals surface area contributed by atoms with E-state index in [9.17, 15) is 4.79 Å². The maximum atomic E-state index is 12.7. The molecular formula is C23H27N3O2. The largest absolute Gasteiger partial charge is 0.342 e. The molecule has 0 aliphatic carbocycles. The molecule has 0 unspecified atom stereocenters. The summed E-state index contributed by atoms with van der Waals surface area (Å²) >= 11 is 0. The normalized spacial score (nSPS) is 10.8. The van der Waals surface area contributed by atoms with Gasteiger partial charge >= 0.3 is 0 Å². The highest BCUT2D eigenvalue weighted by Crippen LogP contribution is 2.15. The van der Waals surface area contributed by atoms with Crippen LogP contribution in [0.2, 0.25) is 0 Å². The first kappa shape index (κ1) is 19.8. The number of carbonyl (C=O) groups excluding carboxylic acids is 1. The SMILES string of the molecule is CCCCN(CCc1nc(-c2ccccc2)no1)C(=O)CCc1ccccc1. The number of benzene rings is 2. The number of amides is 1. The van der Waals surface area contributed by atoms with Crippen LogP contribution >= 0.6 is 0 Å². The van der Waals surface area contributed by atoms with Crippen LogP contribution in [0.3, 0.4) is 0 Å². The van der Waals surface area contributed by atoms with Gasteiger partial charge in [0.25, 0.3) is 0 Å². The molecular weight excluding hydrogens is 350 g/mol. The molecule has 0 fully saturated rings. The Morgan fingerprint density at radius 1 is 0.964 bits per heavy atom. The van der Waals surface area contributed by atoms with Crippen molar-refractivity contribution < 1.29 is 9.32 Å². The van der Waals surface area contributed by atoms with Crippen LogP contribution in [0.15, 0.2) is 65.2 Å². The highest BCUT2D eigenvalue weighted by molar-refractivity contribution is 5.76. The Hall–Kier alpha value is -2.95. The molecule has 5 nitrogen and oxygen atoms in total. The van der Waals surface area contributed by atoms with Crippen LogP contribution in [-0.2, 0) is 17.6 Å². The first-order chi connectivity index (χ1) is 13.8. The number of unbranched alkanes of at least 4 members (excludes halogenated alkanes) is 1. The number of aromatic nitrogens is 2. The van der Waals surface area contributed by atoms with Gasteiger partial charge in [-0.25, -0.2) is 0 Å². The highest BCUT2D eigenvalue weighted by Gasteiger charge is 2.15. The molecule has 0 N–H and O–H groups in total. The van der Waals surface area contributed by atoms with Gasteiger partial charge in [0, 0.05) is 31.5 Å². The average molecular weight is 377 g/mol. The van der Waals surface area contributed by atoms with Crippen molar-refractivity contribution >= 4 is 5.91 Å². The fraction of sp³-hybridized carbons (Fsp3) is 0.348. The molecule has 0 saturated heterocycles. The summed E-state index contributed by atoms with van der Waals surface area (Å²) in [5.41, 5.74) is 2.12. The highest BCUT2D eigenvalue weighted by atomic mass is 16.5. The molecule has 0 saturated carbocycles. The van der Waals surface area contributed by atoms with Crippen molar-refractivity contribution in [2.45, 2.75) is 39.0 Å². The van der Waals surface area contributed by atoms with Gasteiger partial charge in [-0.3, -0.25) is 4.79 Å². The second-order valence-corrected chi connectivity index (χ2v) is 6.85. The van der Waals surface area contributed by atoms with Crippen LogP contribution in [0, 0.1) is 0 Å². The predicted molar refractivity (Wildman–Crippen MR) is 110 cm³/mol. The zero-order valence-corrected chi connectivity index (χ0v) is 16.4. The summed E-state index contributed by atoms with van der Waals surface area (Å²) in [6, 6.07) is 19.9. The van der Waals surface area contributed by atoms with Crippen LogP contribution in [0.25, 0.3) is 11.4 Å². The van der Waals surface area contributed by atoms with E-state index in [-0.39, 0.29) is 5.91 Å². The third kappa shape index (κ3) is 5.78. The van der Waals surface area contributed by atoms with Crippen molar-refractivity contribution in [3.63, 3.8) is 0 Å². The summed E-state index contributed by atoms with van der Waals surface area (Å²) < 4.78 is 5.38. The topological polar surface area (TPSA) is 59.2 Å². The summed E-state index contributed by atoms with van der Waals surface area (Å²) in [4.78, 5) is 19.1. The molecule has 5 heteroatoms. The van der Waals surface area contributed by atoms with Crippen molar-refractivity contribution in [2.24, 2.45) is 0 Å². The summed E-state index contributed by atoms with van der Waals surface area (Å²) in [5.74, 6) is 1.34. The van der Waals surface area contributed by atoms with Crippen molar-refractivity contribution in [3.8, 4) is 11.4 Å². The molecule has 0 aliphatic heterocycles. The zero-order chi connectivity index (χ0) is 19.6. The third-order valence-electron chi connectivity index (χ3n) is 4.70. The van der Waals surface area contributed by atoms with Crippen molar-refractivity contribution in [3.05, 3.63) is 72.1 Å². The van der Waals surface area contributed by atoms with E-state index in [1.165, 1.54) is 5.56 Å². The third-order valence-corrected chi connectivity index (χ3v) is 4.70. The van der Waals surface area contributed by atoms with Crippen LogP contribution in [0.4, 0.5) is 0 Å². The molecule has 1 amide bonds. The first-order valence-corrected chi connectivity index (χ1v) is 9.96. The lowest BCUT2D eigenvalue weighted by molar-refractivity contribution is -0.131. The first-order valence-electron chi connectivity index (χ1n) is 9.96. The van der Waals surface area contributed by atoms with E-state index in [4.69, 9.17) is 4.52 Å². The van der Waals surface area contributed by atoms with E-state index in [2.05, 4.69) is 29.2 Å². The summed E-state index contributed by atoms with van der Waals surface area (Å²) in [7, 11) is 0. The predicted octanol–water partition coefficient (Wildman–Crippen LogP) is 4.54. The molecule has 1 heterocycles.